The van der Waals surface area contributed by atoms with E-state index in [2.05, 4.69) is 20.3 Å². The maximum Gasteiger partial charge on any atom is 0.329 e. The van der Waals surface area contributed by atoms with E-state index in [1.807, 2.05) is 30.3 Å². The summed E-state index contributed by atoms with van der Waals surface area (Å²) in [4.78, 5) is 51.5. The van der Waals surface area contributed by atoms with Gasteiger partial charge in [-0.3, -0.25) is 19.8 Å². The van der Waals surface area contributed by atoms with E-state index in [0.717, 1.165) is 5.56 Å². The number of amides is 1. The summed E-state index contributed by atoms with van der Waals surface area (Å²) in [6.45, 7) is 11.6. The summed E-state index contributed by atoms with van der Waals surface area (Å²) < 4.78 is 5.60. The van der Waals surface area contributed by atoms with Crippen molar-refractivity contribution < 1.29 is 24.2 Å². The molecule has 11 nitrogen and oxygen atoms in total. The van der Waals surface area contributed by atoms with Crippen LogP contribution in [0.15, 0.2) is 45.3 Å². The van der Waals surface area contributed by atoms with Crippen molar-refractivity contribution in [1.82, 2.24) is 5.32 Å². The highest BCUT2D eigenvalue weighted by Crippen LogP contribution is 2.23. The molecule has 1 rings (SSSR count). The van der Waals surface area contributed by atoms with E-state index in [-0.39, 0.29) is 12.3 Å². The lowest BCUT2D eigenvalue weighted by molar-refractivity contribution is -0.159. The van der Waals surface area contributed by atoms with Gasteiger partial charge in [0.15, 0.2) is 0 Å². The topological polar surface area (TPSA) is 182 Å². The van der Waals surface area contributed by atoms with E-state index in [4.69, 9.17) is 16.2 Å². The summed E-state index contributed by atoms with van der Waals surface area (Å²) in [6.07, 6.45) is 3.58. The second-order valence-electron chi connectivity index (χ2n) is 11.5. The molecule has 3 unspecified atom stereocenters. The minimum absolute atomic E-state index is 0.196. The van der Waals surface area contributed by atoms with Crippen LogP contribution in [-0.2, 0) is 19.1 Å². The van der Waals surface area contributed by atoms with Crippen molar-refractivity contribution in [3.8, 4) is 0 Å². The fourth-order valence-corrected chi connectivity index (χ4v) is 4.22. The number of hydrogen-bond donors (Lipinski definition) is 4. The Kier molecular flexibility index (Phi) is 16.1. The van der Waals surface area contributed by atoms with Gasteiger partial charge in [-0.05, 0) is 85.6 Å². The highest BCUT2D eigenvalue weighted by Gasteiger charge is 2.30. The lowest BCUT2D eigenvalue weighted by Crippen LogP contribution is -2.46. The van der Waals surface area contributed by atoms with Crippen molar-refractivity contribution in [3.63, 3.8) is 0 Å². The minimum Gasteiger partial charge on any atom is -0.480 e. The number of carboxylic acid groups (broad SMARTS) is 1. The summed E-state index contributed by atoms with van der Waals surface area (Å²) >= 11 is 0. The summed E-state index contributed by atoms with van der Waals surface area (Å²) in [6, 6.07) is 7.41. The fourth-order valence-electron chi connectivity index (χ4n) is 4.22. The zero-order chi connectivity index (χ0) is 31.7. The molecular weight excluding hydrogens is 536 g/mol. The first-order chi connectivity index (χ1) is 19.7. The molecule has 0 aliphatic heterocycles. The number of ether oxygens (including phenoxy) is 1. The third kappa shape index (κ3) is 15.9. The Morgan fingerprint density at radius 1 is 0.905 bits per heavy atom. The minimum atomic E-state index is -1.02. The molecule has 1 amide bonds. The number of aliphatic imine (C=N–C) groups is 3. The van der Waals surface area contributed by atoms with E-state index in [1.165, 1.54) is 0 Å². The van der Waals surface area contributed by atoms with Crippen LogP contribution in [0.25, 0.3) is 0 Å². The summed E-state index contributed by atoms with van der Waals surface area (Å²) in [5.41, 5.74) is 11.7. The monoisotopic (exact) mass is 586 g/mol. The van der Waals surface area contributed by atoms with Crippen LogP contribution < -0.4 is 16.8 Å². The molecule has 0 radical (unpaired) electrons. The third-order valence-electron chi connectivity index (χ3n) is 6.20. The second kappa shape index (κ2) is 18.6. The Morgan fingerprint density at radius 3 is 1.95 bits per heavy atom. The van der Waals surface area contributed by atoms with Gasteiger partial charge in [0, 0.05) is 25.2 Å². The highest BCUT2D eigenvalue weighted by atomic mass is 16.6. The Labute approximate surface area is 250 Å². The maximum absolute atomic E-state index is 13.7. The number of aliphatic carboxylic acids is 1. The van der Waals surface area contributed by atoms with Gasteiger partial charge in [0.25, 0.3) is 0 Å². The average molecular weight is 587 g/mol. The van der Waals surface area contributed by atoms with Gasteiger partial charge in [0.1, 0.15) is 17.7 Å². The number of nitrogens with zero attached hydrogens (tertiary/aromatic N) is 3. The lowest BCUT2D eigenvalue weighted by atomic mass is 9.92. The van der Waals surface area contributed by atoms with Crippen LogP contribution in [-0.4, -0.2) is 71.1 Å². The second-order valence-corrected chi connectivity index (χ2v) is 11.5. The number of amidine groups is 2. The first-order valence-electron chi connectivity index (χ1n) is 14.6. The molecule has 0 bridgehead atoms. The molecule has 0 saturated carbocycles. The number of esters is 1. The molecule has 42 heavy (non-hydrogen) atoms. The highest BCUT2D eigenvalue weighted by molar-refractivity contribution is 5.94. The van der Waals surface area contributed by atoms with E-state index >= 15 is 0 Å². The Balaban J connectivity index is 3.11. The first kappa shape index (κ1) is 36.3. The molecule has 3 atom stereocenters. The molecular formula is C31H50N6O5. The van der Waals surface area contributed by atoms with Crippen LogP contribution in [0.1, 0.15) is 98.0 Å². The molecule has 6 N–H and O–H groups in total. The molecule has 0 spiro atoms. The number of benzene rings is 1. The third-order valence-corrected chi connectivity index (χ3v) is 6.20. The van der Waals surface area contributed by atoms with Crippen LogP contribution in [0.4, 0.5) is 0 Å². The van der Waals surface area contributed by atoms with Crippen molar-refractivity contribution in [2.75, 3.05) is 13.1 Å². The van der Waals surface area contributed by atoms with E-state index in [9.17, 15) is 19.5 Å². The predicted molar refractivity (Wildman–Crippen MR) is 168 cm³/mol. The van der Waals surface area contributed by atoms with Crippen LogP contribution >= 0.6 is 0 Å². The van der Waals surface area contributed by atoms with Gasteiger partial charge in [-0.1, -0.05) is 30.3 Å². The predicted octanol–water partition coefficient (Wildman–Crippen LogP) is 4.00. The van der Waals surface area contributed by atoms with Gasteiger partial charge in [-0.15, -0.1) is 0 Å². The van der Waals surface area contributed by atoms with E-state index < -0.39 is 35.5 Å². The molecule has 0 aromatic heterocycles. The molecule has 1 aromatic carbocycles. The molecule has 0 heterocycles. The number of carbonyl (C=O) groups is 3. The lowest BCUT2D eigenvalue weighted by Gasteiger charge is -2.26. The average Bonchev–Trinajstić information content (AvgIpc) is 2.88. The van der Waals surface area contributed by atoms with Gasteiger partial charge in [-0.25, -0.2) is 9.59 Å². The van der Waals surface area contributed by atoms with Gasteiger partial charge >= 0.3 is 11.9 Å². The summed E-state index contributed by atoms with van der Waals surface area (Å²) in [5.74, 6) is -1.58. The Hall–Kier alpha value is -3.76. The van der Waals surface area contributed by atoms with Crippen LogP contribution in [0.3, 0.4) is 0 Å². The van der Waals surface area contributed by atoms with E-state index in [0.29, 0.717) is 69.0 Å². The zero-order valence-corrected chi connectivity index (χ0v) is 26.1. The maximum atomic E-state index is 13.7. The van der Waals surface area contributed by atoms with Crippen molar-refractivity contribution >= 4 is 35.2 Å². The van der Waals surface area contributed by atoms with Crippen molar-refractivity contribution in [2.24, 2.45) is 26.4 Å². The number of unbranched alkanes of at least 4 members (excludes halogenated alkanes) is 2. The Bertz CT molecular complexity index is 1090. The summed E-state index contributed by atoms with van der Waals surface area (Å²) in [5, 5.41) is 12.7. The standard InChI is InChI=1S/C31H50N6O5/c1-21(36-26(29(39)40)16-10-12-18-34-22(2)32)20-25(24-14-8-7-9-15-24)28(38)37-27(30(41)42-31(4,5)6)17-11-13-19-35-23(3)33/h7-9,14-15,25-27H,10-13,16-20H2,1-6H3,(H2,32,34)(H2,33,35)(H,37,38)(H,39,40). The number of nitrogens with two attached hydrogens (primary N) is 2. The number of hydrogen-bond acceptors (Lipinski definition) is 7. The van der Waals surface area contributed by atoms with Crippen molar-refractivity contribution in [2.45, 2.75) is 110 Å². The van der Waals surface area contributed by atoms with Gasteiger partial charge in [0.05, 0.1) is 17.6 Å². The normalized spacial score (nSPS) is 15.0. The molecule has 11 heteroatoms. The number of rotatable bonds is 18. The molecule has 0 aliphatic carbocycles. The van der Waals surface area contributed by atoms with Gasteiger partial charge in [-0.2, -0.15) is 0 Å². The molecule has 0 saturated heterocycles. The largest absolute Gasteiger partial charge is 0.480 e. The fraction of sp³-hybridized carbons (Fsp3) is 0.613. The molecule has 1 aromatic rings. The smallest absolute Gasteiger partial charge is 0.329 e. The van der Waals surface area contributed by atoms with Crippen LogP contribution in [0, 0.1) is 0 Å². The van der Waals surface area contributed by atoms with Crippen LogP contribution in [0.5, 0.6) is 0 Å². The van der Waals surface area contributed by atoms with Gasteiger partial charge in [0.2, 0.25) is 5.91 Å². The van der Waals surface area contributed by atoms with Crippen molar-refractivity contribution in [3.05, 3.63) is 35.9 Å². The quantitative estimate of drug-likeness (QED) is 0.0867. The zero-order valence-electron chi connectivity index (χ0n) is 26.1. The van der Waals surface area contributed by atoms with Crippen LogP contribution in [0.2, 0.25) is 0 Å². The first-order valence-corrected chi connectivity index (χ1v) is 14.6. The molecule has 0 aliphatic rings. The number of carbonyl (C=O) groups excluding carboxylic acids is 2. The Morgan fingerprint density at radius 2 is 1.45 bits per heavy atom. The van der Waals surface area contributed by atoms with Crippen molar-refractivity contribution in [1.29, 1.82) is 0 Å². The van der Waals surface area contributed by atoms with Gasteiger partial charge < -0.3 is 26.6 Å². The molecule has 234 valence electrons. The summed E-state index contributed by atoms with van der Waals surface area (Å²) in [7, 11) is 0. The van der Waals surface area contributed by atoms with E-state index in [1.54, 1.807) is 41.5 Å². The SMILES string of the molecule is CC(N)=NCCCCC(N=C(C)CC(C(=O)NC(CCCCN=C(C)N)C(=O)OC(C)(C)C)c1ccccc1)C(=O)O. The molecule has 0 fully saturated rings. The number of nitrogens with one attached hydrogen (secondary N) is 1. The number of carboxylic acids is 1.